The SMILES string of the molecule is Cc1nc(CN2CC(C)NC(C)C2)oc1C. The molecule has 2 heterocycles. The van der Waals surface area contributed by atoms with Crippen LogP contribution >= 0.6 is 0 Å². The summed E-state index contributed by atoms with van der Waals surface area (Å²) in [5.74, 6) is 1.78. The molecule has 0 aromatic carbocycles. The Morgan fingerprint density at radius 3 is 2.44 bits per heavy atom. The third-order valence-corrected chi connectivity index (χ3v) is 3.06. The van der Waals surface area contributed by atoms with E-state index in [9.17, 15) is 0 Å². The molecule has 1 saturated heterocycles. The number of nitrogens with zero attached hydrogens (tertiary/aromatic N) is 2. The van der Waals surface area contributed by atoms with Gasteiger partial charge in [-0.1, -0.05) is 0 Å². The fourth-order valence-corrected chi connectivity index (χ4v) is 2.37. The van der Waals surface area contributed by atoms with Crippen molar-refractivity contribution in [1.29, 1.82) is 0 Å². The molecule has 90 valence electrons. The Kier molecular flexibility index (Phi) is 3.30. The number of hydrogen-bond acceptors (Lipinski definition) is 4. The first-order valence-electron chi connectivity index (χ1n) is 5.96. The Morgan fingerprint density at radius 1 is 1.31 bits per heavy atom. The van der Waals surface area contributed by atoms with Gasteiger partial charge < -0.3 is 9.73 Å². The van der Waals surface area contributed by atoms with Crippen molar-refractivity contribution in [3.63, 3.8) is 0 Å². The van der Waals surface area contributed by atoms with Crippen molar-refractivity contribution < 1.29 is 4.42 Å². The van der Waals surface area contributed by atoms with Crippen LogP contribution < -0.4 is 5.32 Å². The minimum absolute atomic E-state index is 0.543. The average molecular weight is 223 g/mol. The molecule has 2 rings (SSSR count). The van der Waals surface area contributed by atoms with E-state index in [-0.39, 0.29) is 0 Å². The van der Waals surface area contributed by atoms with Gasteiger partial charge in [-0.2, -0.15) is 0 Å². The van der Waals surface area contributed by atoms with Crippen molar-refractivity contribution in [3.05, 3.63) is 17.3 Å². The third-order valence-electron chi connectivity index (χ3n) is 3.06. The summed E-state index contributed by atoms with van der Waals surface area (Å²) in [6.45, 7) is 11.3. The normalized spacial score (nSPS) is 27.2. The van der Waals surface area contributed by atoms with Crippen LogP contribution in [0.1, 0.15) is 31.2 Å². The van der Waals surface area contributed by atoms with Gasteiger partial charge in [0.2, 0.25) is 5.89 Å². The molecular weight excluding hydrogens is 202 g/mol. The van der Waals surface area contributed by atoms with Gasteiger partial charge in [-0.05, 0) is 27.7 Å². The van der Waals surface area contributed by atoms with Gasteiger partial charge >= 0.3 is 0 Å². The number of rotatable bonds is 2. The van der Waals surface area contributed by atoms with Crippen LogP contribution in [0.4, 0.5) is 0 Å². The number of oxazole rings is 1. The number of aryl methyl sites for hydroxylation is 2. The molecule has 1 fully saturated rings. The van der Waals surface area contributed by atoms with Gasteiger partial charge in [-0.25, -0.2) is 4.98 Å². The molecule has 1 N–H and O–H groups in total. The van der Waals surface area contributed by atoms with Gasteiger partial charge in [-0.3, -0.25) is 4.90 Å². The molecule has 0 radical (unpaired) electrons. The fraction of sp³-hybridized carbons (Fsp3) is 0.750. The smallest absolute Gasteiger partial charge is 0.208 e. The van der Waals surface area contributed by atoms with E-state index in [1.807, 2.05) is 13.8 Å². The summed E-state index contributed by atoms with van der Waals surface area (Å²) in [6, 6.07) is 1.09. The van der Waals surface area contributed by atoms with Crippen LogP contribution in [0.25, 0.3) is 0 Å². The van der Waals surface area contributed by atoms with Gasteiger partial charge in [0.15, 0.2) is 0 Å². The van der Waals surface area contributed by atoms with E-state index < -0.39 is 0 Å². The van der Waals surface area contributed by atoms with E-state index in [2.05, 4.69) is 29.0 Å². The molecule has 1 aromatic rings. The second-order valence-corrected chi connectivity index (χ2v) is 4.91. The molecule has 0 saturated carbocycles. The van der Waals surface area contributed by atoms with E-state index in [0.29, 0.717) is 12.1 Å². The van der Waals surface area contributed by atoms with Crippen molar-refractivity contribution in [3.8, 4) is 0 Å². The predicted molar refractivity (Wildman–Crippen MR) is 63.3 cm³/mol. The molecule has 0 aliphatic carbocycles. The molecule has 4 heteroatoms. The van der Waals surface area contributed by atoms with Crippen molar-refractivity contribution >= 4 is 0 Å². The highest BCUT2D eigenvalue weighted by atomic mass is 16.4. The highest BCUT2D eigenvalue weighted by Crippen LogP contribution is 2.13. The van der Waals surface area contributed by atoms with E-state index >= 15 is 0 Å². The monoisotopic (exact) mass is 223 g/mol. The minimum atomic E-state index is 0.543. The number of nitrogens with one attached hydrogen (secondary N) is 1. The summed E-state index contributed by atoms with van der Waals surface area (Å²) in [6.07, 6.45) is 0. The van der Waals surface area contributed by atoms with Crippen LogP contribution in [0.2, 0.25) is 0 Å². The number of hydrogen-bond donors (Lipinski definition) is 1. The van der Waals surface area contributed by atoms with Crippen molar-refractivity contribution in [2.24, 2.45) is 0 Å². The second-order valence-electron chi connectivity index (χ2n) is 4.91. The zero-order chi connectivity index (χ0) is 11.7. The van der Waals surface area contributed by atoms with Gasteiger partial charge in [-0.15, -0.1) is 0 Å². The predicted octanol–water partition coefficient (Wildman–Crippen LogP) is 1.47. The van der Waals surface area contributed by atoms with Crippen LogP contribution in [-0.4, -0.2) is 35.1 Å². The zero-order valence-electron chi connectivity index (χ0n) is 10.6. The lowest BCUT2D eigenvalue weighted by Crippen LogP contribution is -2.53. The molecule has 1 aliphatic heterocycles. The Hall–Kier alpha value is -0.870. The second kappa shape index (κ2) is 4.55. The van der Waals surface area contributed by atoms with Crippen LogP contribution in [0.3, 0.4) is 0 Å². The first-order chi connectivity index (χ1) is 7.54. The molecular formula is C12H21N3O. The fourth-order valence-electron chi connectivity index (χ4n) is 2.37. The number of piperazine rings is 1. The lowest BCUT2D eigenvalue weighted by molar-refractivity contribution is 0.153. The van der Waals surface area contributed by atoms with Crippen LogP contribution in [0.15, 0.2) is 4.42 Å². The lowest BCUT2D eigenvalue weighted by atomic mass is 10.1. The van der Waals surface area contributed by atoms with Crippen molar-refractivity contribution in [1.82, 2.24) is 15.2 Å². The topological polar surface area (TPSA) is 41.3 Å². The maximum atomic E-state index is 5.61. The van der Waals surface area contributed by atoms with Crippen LogP contribution in [0.5, 0.6) is 0 Å². The molecule has 0 bridgehead atoms. The summed E-state index contributed by atoms with van der Waals surface area (Å²) in [5.41, 5.74) is 1.01. The maximum absolute atomic E-state index is 5.61. The Labute approximate surface area is 97.0 Å². The zero-order valence-corrected chi connectivity index (χ0v) is 10.6. The molecule has 4 nitrogen and oxygen atoms in total. The molecule has 1 aliphatic rings. The van der Waals surface area contributed by atoms with E-state index in [0.717, 1.165) is 37.0 Å². The molecule has 2 atom stereocenters. The average Bonchev–Trinajstić information content (AvgIpc) is 2.43. The van der Waals surface area contributed by atoms with Crippen molar-refractivity contribution in [2.45, 2.75) is 46.3 Å². The first-order valence-corrected chi connectivity index (χ1v) is 5.96. The summed E-state index contributed by atoms with van der Waals surface area (Å²) in [5, 5.41) is 3.52. The van der Waals surface area contributed by atoms with Gasteiger partial charge in [0.25, 0.3) is 0 Å². The summed E-state index contributed by atoms with van der Waals surface area (Å²) >= 11 is 0. The van der Waals surface area contributed by atoms with Crippen LogP contribution in [-0.2, 0) is 6.54 Å². The van der Waals surface area contributed by atoms with Gasteiger partial charge in [0.05, 0.1) is 12.2 Å². The molecule has 0 spiro atoms. The summed E-state index contributed by atoms with van der Waals surface area (Å²) in [4.78, 5) is 6.83. The van der Waals surface area contributed by atoms with Gasteiger partial charge in [0, 0.05) is 25.2 Å². The quantitative estimate of drug-likeness (QED) is 0.824. The Morgan fingerprint density at radius 2 is 1.94 bits per heavy atom. The molecule has 2 unspecified atom stereocenters. The number of aromatic nitrogens is 1. The maximum Gasteiger partial charge on any atom is 0.208 e. The van der Waals surface area contributed by atoms with Gasteiger partial charge in [0.1, 0.15) is 5.76 Å². The lowest BCUT2D eigenvalue weighted by Gasteiger charge is -2.35. The highest BCUT2D eigenvalue weighted by molar-refractivity contribution is 5.05. The molecule has 0 amide bonds. The van der Waals surface area contributed by atoms with E-state index in [1.165, 1.54) is 0 Å². The summed E-state index contributed by atoms with van der Waals surface area (Å²) in [7, 11) is 0. The standard InChI is InChI=1S/C12H21N3O/c1-8-5-15(6-9(2)13-8)7-12-14-10(3)11(4)16-12/h8-9,13H,5-7H2,1-4H3. The molecule has 16 heavy (non-hydrogen) atoms. The van der Waals surface area contributed by atoms with E-state index in [4.69, 9.17) is 4.42 Å². The highest BCUT2D eigenvalue weighted by Gasteiger charge is 2.22. The summed E-state index contributed by atoms with van der Waals surface area (Å²) < 4.78 is 5.61. The largest absolute Gasteiger partial charge is 0.444 e. The third kappa shape index (κ3) is 2.62. The Bertz CT molecular complexity index is 332. The molecule has 1 aromatic heterocycles. The minimum Gasteiger partial charge on any atom is -0.444 e. The van der Waals surface area contributed by atoms with E-state index in [1.54, 1.807) is 0 Å². The Balaban J connectivity index is 1.98. The van der Waals surface area contributed by atoms with Crippen LogP contribution in [0, 0.1) is 13.8 Å². The first kappa shape index (κ1) is 11.6. The van der Waals surface area contributed by atoms with Crippen molar-refractivity contribution in [2.75, 3.05) is 13.1 Å².